The summed E-state index contributed by atoms with van der Waals surface area (Å²) in [6.07, 6.45) is 1.79. The molecule has 140 valence electrons. The minimum atomic E-state index is -0.0314. The minimum Gasteiger partial charge on any atom is -0.443 e. The quantitative estimate of drug-likeness (QED) is 0.268. The van der Waals surface area contributed by atoms with Gasteiger partial charge in [-0.3, -0.25) is 0 Å². The molecule has 7 heteroatoms. The third-order valence-electron chi connectivity index (χ3n) is 3.08. The van der Waals surface area contributed by atoms with Crippen LogP contribution >= 0.6 is 24.0 Å². The van der Waals surface area contributed by atoms with Crippen LogP contribution in [0.3, 0.4) is 0 Å². The fraction of sp³-hybridized carbons (Fsp3) is 0.765. The summed E-state index contributed by atoms with van der Waals surface area (Å²) in [5.74, 6) is 2.30. The van der Waals surface area contributed by atoms with E-state index in [-0.39, 0.29) is 34.9 Å². The molecule has 0 aliphatic carbocycles. The van der Waals surface area contributed by atoms with Crippen LogP contribution in [0.2, 0.25) is 0 Å². The van der Waals surface area contributed by atoms with E-state index in [1.165, 1.54) is 0 Å². The molecule has 0 aromatic carbocycles. The van der Waals surface area contributed by atoms with Crippen LogP contribution in [0.5, 0.6) is 0 Å². The Hall–Kier alpha value is -0.830. The van der Waals surface area contributed by atoms with Crippen LogP contribution < -0.4 is 16.0 Å². The summed E-state index contributed by atoms with van der Waals surface area (Å²) in [5, 5.41) is 9.97. The van der Waals surface area contributed by atoms with Gasteiger partial charge in [0, 0.05) is 30.6 Å². The second-order valence-electron chi connectivity index (χ2n) is 7.67. The van der Waals surface area contributed by atoms with Crippen molar-refractivity contribution in [3.63, 3.8) is 0 Å². The summed E-state index contributed by atoms with van der Waals surface area (Å²) < 4.78 is 5.76. The second-order valence-corrected chi connectivity index (χ2v) is 7.67. The van der Waals surface area contributed by atoms with Crippen LogP contribution in [0.1, 0.15) is 60.1 Å². The predicted octanol–water partition coefficient (Wildman–Crippen LogP) is 3.03. The molecule has 0 aliphatic rings. The van der Waals surface area contributed by atoms with E-state index < -0.39 is 0 Å². The lowest BCUT2D eigenvalue weighted by Gasteiger charge is -2.21. The Balaban J connectivity index is 0.00000529. The van der Waals surface area contributed by atoms with Crippen molar-refractivity contribution in [2.75, 3.05) is 19.6 Å². The summed E-state index contributed by atoms with van der Waals surface area (Å²) in [6.45, 7) is 17.8. The summed E-state index contributed by atoms with van der Waals surface area (Å²) in [5.41, 5.74) is 0.0922. The molecule has 0 fully saturated rings. The Bertz CT molecular complexity index is 500. The third-order valence-corrected chi connectivity index (χ3v) is 3.08. The number of rotatable bonds is 6. The van der Waals surface area contributed by atoms with Crippen LogP contribution in [0, 0.1) is 0 Å². The van der Waals surface area contributed by atoms with Crippen LogP contribution in [-0.4, -0.2) is 36.1 Å². The van der Waals surface area contributed by atoms with Gasteiger partial charge in [0.25, 0.3) is 0 Å². The summed E-state index contributed by atoms with van der Waals surface area (Å²) in [4.78, 5) is 8.83. The molecule has 0 saturated heterocycles. The molecule has 1 aromatic heterocycles. The number of hydrogen-bond donors (Lipinski definition) is 3. The van der Waals surface area contributed by atoms with Gasteiger partial charge in [-0.2, -0.15) is 0 Å². The van der Waals surface area contributed by atoms with Gasteiger partial charge in [-0.05, 0) is 27.7 Å². The van der Waals surface area contributed by atoms with Crippen LogP contribution in [-0.2, 0) is 12.0 Å². The first-order valence-corrected chi connectivity index (χ1v) is 8.34. The van der Waals surface area contributed by atoms with Gasteiger partial charge in [0.2, 0.25) is 5.89 Å². The van der Waals surface area contributed by atoms with Gasteiger partial charge in [0.15, 0.2) is 5.96 Å². The second kappa shape index (κ2) is 10.2. The van der Waals surface area contributed by atoms with Crippen molar-refractivity contribution in [1.82, 2.24) is 20.9 Å². The fourth-order valence-electron chi connectivity index (χ4n) is 1.84. The van der Waals surface area contributed by atoms with Crippen molar-refractivity contribution in [3.05, 3.63) is 17.8 Å². The van der Waals surface area contributed by atoms with Crippen molar-refractivity contribution in [3.8, 4) is 0 Å². The van der Waals surface area contributed by atoms with Crippen molar-refractivity contribution in [2.45, 2.75) is 66.0 Å². The largest absolute Gasteiger partial charge is 0.443 e. The molecule has 0 atom stereocenters. The zero-order valence-electron chi connectivity index (χ0n) is 16.1. The van der Waals surface area contributed by atoms with Crippen LogP contribution in [0.4, 0.5) is 0 Å². The number of guanidine groups is 1. The van der Waals surface area contributed by atoms with Gasteiger partial charge in [-0.15, -0.1) is 24.0 Å². The van der Waals surface area contributed by atoms with Gasteiger partial charge >= 0.3 is 0 Å². The van der Waals surface area contributed by atoms with E-state index >= 15 is 0 Å². The van der Waals surface area contributed by atoms with Gasteiger partial charge in [-0.1, -0.05) is 20.8 Å². The molecule has 0 spiro atoms. The van der Waals surface area contributed by atoms with Crippen LogP contribution in [0.25, 0.3) is 0 Å². The Kier molecular flexibility index (Phi) is 9.87. The number of nitrogens with one attached hydrogen (secondary N) is 3. The molecule has 1 aromatic rings. The predicted molar refractivity (Wildman–Crippen MR) is 111 cm³/mol. The lowest BCUT2D eigenvalue weighted by atomic mass is 9.94. The molecular weight excluding hydrogens is 417 g/mol. The molecule has 1 heterocycles. The number of aromatic nitrogens is 1. The highest BCUT2D eigenvalue weighted by Gasteiger charge is 2.19. The zero-order valence-corrected chi connectivity index (χ0v) is 18.4. The van der Waals surface area contributed by atoms with Crippen molar-refractivity contribution >= 4 is 29.9 Å². The molecule has 0 aliphatic heterocycles. The van der Waals surface area contributed by atoms with Gasteiger partial charge in [0.1, 0.15) is 12.3 Å². The van der Waals surface area contributed by atoms with Gasteiger partial charge in [-0.25, -0.2) is 9.98 Å². The Morgan fingerprint density at radius 1 is 1.12 bits per heavy atom. The SMILES string of the molecule is CCNC(=NCc1ncc(C(C)(C)C)o1)NCCNC(C)(C)C.I. The average molecular weight is 451 g/mol. The molecule has 3 N–H and O–H groups in total. The Morgan fingerprint density at radius 3 is 2.29 bits per heavy atom. The molecule has 0 saturated carbocycles. The van der Waals surface area contributed by atoms with Gasteiger partial charge in [0.05, 0.1) is 6.20 Å². The highest BCUT2D eigenvalue weighted by Crippen LogP contribution is 2.22. The smallest absolute Gasteiger partial charge is 0.216 e. The molecular formula is C17H34IN5O. The molecule has 1 rings (SSSR count). The summed E-state index contributed by atoms with van der Waals surface area (Å²) in [7, 11) is 0. The first-order valence-electron chi connectivity index (χ1n) is 8.34. The highest BCUT2D eigenvalue weighted by molar-refractivity contribution is 14.0. The number of halogens is 1. The van der Waals surface area contributed by atoms with Crippen molar-refractivity contribution < 1.29 is 4.42 Å². The maximum absolute atomic E-state index is 5.76. The topological polar surface area (TPSA) is 74.5 Å². The average Bonchev–Trinajstić information content (AvgIpc) is 2.88. The molecule has 0 radical (unpaired) electrons. The Labute approximate surface area is 163 Å². The van der Waals surface area contributed by atoms with E-state index in [0.717, 1.165) is 31.4 Å². The molecule has 24 heavy (non-hydrogen) atoms. The maximum atomic E-state index is 5.76. The summed E-state index contributed by atoms with van der Waals surface area (Å²) >= 11 is 0. The maximum Gasteiger partial charge on any atom is 0.216 e. The van der Waals surface area contributed by atoms with E-state index in [4.69, 9.17) is 4.42 Å². The van der Waals surface area contributed by atoms with Gasteiger partial charge < -0.3 is 20.4 Å². The zero-order chi connectivity index (χ0) is 17.5. The third kappa shape index (κ3) is 9.46. The number of aliphatic imine (C=N–C) groups is 1. The monoisotopic (exact) mass is 451 g/mol. The van der Waals surface area contributed by atoms with E-state index in [0.29, 0.717) is 12.4 Å². The van der Waals surface area contributed by atoms with Crippen LogP contribution in [0.15, 0.2) is 15.6 Å². The van der Waals surface area contributed by atoms with Crippen molar-refractivity contribution in [2.24, 2.45) is 4.99 Å². The minimum absolute atomic E-state index is 0. The van der Waals surface area contributed by atoms with E-state index in [1.54, 1.807) is 6.20 Å². The Morgan fingerprint density at radius 2 is 1.79 bits per heavy atom. The summed E-state index contributed by atoms with van der Waals surface area (Å²) in [6, 6.07) is 0. The molecule has 0 amide bonds. The lowest BCUT2D eigenvalue weighted by Crippen LogP contribution is -2.44. The molecule has 0 bridgehead atoms. The van der Waals surface area contributed by atoms with E-state index in [9.17, 15) is 0 Å². The number of oxazole rings is 1. The highest BCUT2D eigenvalue weighted by atomic mass is 127. The first-order chi connectivity index (χ1) is 10.6. The van der Waals surface area contributed by atoms with Crippen molar-refractivity contribution in [1.29, 1.82) is 0 Å². The molecule has 6 nitrogen and oxygen atoms in total. The van der Waals surface area contributed by atoms with E-state index in [2.05, 4.69) is 67.5 Å². The fourth-order valence-corrected chi connectivity index (χ4v) is 1.84. The van der Waals surface area contributed by atoms with E-state index in [1.807, 2.05) is 6.92 Å². The number of hydrogen-bond acceptors (Lipinski definition) is 4. The lowest BCUT2D eigenvalue weighted by molar-refractivity contribution is 0.383. The number of nitrogens with zero attached hydrogens (tertiary/aromatic N) is 2. The first kappa shape index (κ1) is 23.2. The molecule has 0 unspecified atom stereocenters. The standard InChI is InChI=1S/C17H33N5O.HI/c1-8-18-15(19-9-10-22-17(5,6)7)21-12-14-20-11-13(23-14)16(2,3)4;/h11,22H,8-10,12H2,1-7H3,(H2,18,19,21);1H. The normalized spacial score (nSPS) is 12.7.